The molecule has 5 nitrogen and oxygen atoms in total. The van der Waals surface area contributed by atoms with E-state index in [0.29, 0.717) is 24.2 Å². The Balaban J connectivity index is 1.86. The monoisotopic (exact) mass is 266 g/mol. The van der Waals surface area contributed by atoms with Crippen molar-refractivity contribution in [2.75, 3.05) is 6.54 Å². The minimum absolute atomic E-state index is 0.477. The molecular weight excluding hydrogens is 248 g/mol. The summed E-state index contributed by atoms with van der Waals surface area (Å²) >= 11 is 1.63. The van der Waals surface area contributed by atoms with Crippen molar-refractivity contribution < 1.29 is 4.52 Å². The molecule has 0 radical (unpaired) electrons. The van der Waals surface area contributed by atoms with Gasteiger partial charge in [-0.1, -0.05) is 19.0 Å². The lowest BCUT2D eigenvalue weighted by Crippen LogP contribution is -2.25. The molecule has 2 rings (SSSR count). The van der Waals surface area contributed by atoms with Crippen molar-refractivity contribution >= 4 is 11.3 Å². The van der Waals surface area contributed by atoms with Crippen LogP contribution in [-0.4, -0.2) is 27.7 Å². The van der Waals surface area contributed by atoms with Crippen LogP contribution in [0, 0.1) is 6.92 Å². The van der Waals surface area contributed by atoms with E-state index >= 15 is 0 Å². The molecule has 0 bridgehead atoms. The molecule has 18 heavy (non-hydrogen) atoms. The number of nitrogens with zero attached hydrogens (tertiary/aromatic N) is 3. The van der Waals surface area contributed by atoms with Gasteiger partial charge >= 0.3 is 0 Å². The zero-order chi connectivity index (χ0) is 13.0. The highest BCUT2D eigenvalue weighted by molar-refractivity contribution is 7.09. The van der Waals surface area contributed by atoms with Crippen molar-refractivity contribution in [1.29, 1.82) is 0 Å². The lowest BCUT2D eigenvalue weighted by Gasteiger charge is -2.04. The van der Waals surface area contributed by atoms with Crippen molar-refractivity contribution in [2.45, 2.75) is 39.7 Å². The molecule has 0 amide bonds. The molecule has 2 heterocycles. The fraction of sp³-hybridized carbons (Fsp3) is 0.583. The Hall–Kier alpha value is -1.27. The van der Waals surface area contributed by atoms with Crippen LogP contribution in [0.1, 0.15) is 36.3 Å². The smallest absolute Gasteiger partial charge is 0.227 e. The molecule has 0 aliphatic rings. The highest BCUT2D eigenvalue weighted by Gasteiger charge is 2.09. The van der Waals surface area contributed by atoms with Gasteiger partial charge in [0, 0.05) is 30.1 Å². The Morgan fingerprint density at radius 1 is 1.39 bits per heavy atom. The van der Waals surface area contributed by atoms with Gasteiger partial charge in [-0.15, -0.1) is 11.3 Å². The molecule has 0 unspecified atom stereocenters. The normalized spacial score (nSPS) is 11.3. The number of hydrogen-bond acceptors (Lipinski definition) is 6. The summed E-state index contributed by atoms with van der Waals surface area (Å²) in [5.74, 6) is 1.40. The molecule has 0 aliphatic heterocycles. The molecule has 0 aromatic carbocycles. The predicted octanol–water partition coefficient (Wildman–Crippen LogP) is 1.97. The van der Waals surface area contributed by atoms with Gasteiger partial charge in [0.05, 0.1) is 6.42 Å². The Kier molecular flexibility index (Phi) is 4.43. The van der Waals surface area contributed by atoms with Crippen LogP contribution in [0.3, 0.4) is 0 Å². The Morgan fingerprint density at radius 3 is 2.89 bits per heavy atom. The Morgan fingerprint density at radius 2 is 2.22 bits per heavy atom. The van der Waals surface area contributed by atoms with Crippen molar-refractivity contribution in [3.05, 3.63) is 27.8 Å². The summed E-state index contributed by atoms with van der Waals surface area (Å²) in [5, 5.41) is 10.3. The van der Waals surface area contributed by atoms with Gasteiger partial charge in [-0.25, -0.2) is 4.98 Å². The lowest BCUT2D eigenvalue weighted by atomic mass is 10.3. The molecule has 2 aromatic rings. The van der Waals surface area contributed by atoms with Crippen LogP contribution in [-0.2, 0) is 12.8 Å². The molecular formula is C12H18N4OS. The largest absolute Gasteiger partial charge is 0.339 e. The van der Waals surface area contributed by atoms with E-state index in [2.05, 4.69) is 34.3 Å². The summed E-state index contributed by atoms with van der Waals surface area (Å²) in [4.78, 5) is 8.75. The second kappa shape index (κ2) is 6.06. The standard InChI is InChI=1S/C12H18N4OS/c1-8(2)13-5-4-11-15-10(16-17-11)6-12-14-9(3)7-18-12/h7-8,13H,4-6H2,1-3H3. The lowest BCUT2D eigenvalue weighted by molar-refractivity contribution is 0.369. The molecule has 98 valence electrons. The third-order valence-electron chi connectivity index (χ3n) is 2.38. The van der Waals surface area contributed by atoms with Crippen LogP contribution < -0.4 is 5.32 Å². The number of hydrogen-bond donors (Lipinski definition) is 1. The average Bonchev–Trinajstić information content (AvgIpc) is 2.89. The number of aromatic nitrogens is 3. The van der Waals surface area contributed by atoms with Crippen molar-refractivity contribution in [1.82, 2.24) is 20.4 Å². The number of nitrogens with one attached hydrogen (secondary N) is 1. The van der Waals surface area contributed by atoms with Crippen LogP contribution in [0.4, 0.5) is 0 Å². The van der Waals surface area contributed by atoms with E-state index in [1.807, 2.05) is 12.3 Å². The maximum atomic E-state index is 5.20. The first-order valence-electron chi connectivity index (χ1n) is 6.09. The summed E-state index contributed by atoms with van der Waals surface area (Å²) in [6.45, 7) is 7.07. The molecule has 2 aromatic heterocycles. The zero-order valence-corrected chi connectivity index (χ0v) is 11.8. The van der Waals surface area contributed by atoms with E-state index in [-0.39, 0.29) is 0 Å². The number of aryl methyl sites for hydroxylation is 1. The van der Waals surface area contributed by atoms with E-state index in [0.717, 1.165) is 23.7 Å². The first kappa shape index (κ1) is 13.2. The van der Waals surface area contributed by atoms with Crippen LogP contribution in [0.25, 0.3) is 0 Å². The van der Waals surface area contributed by atoms with Gasteiger partial charge in [-0.3, -0.25) is 0 Å². The number of rotatable bonds is 6. The van der Waals surface area contributed by atoms with Gasteiger partial charge in [-0.05, 0) is 6.92 Å². The van der Waals surface area contributed by atoms with Crippen LogP contribution in [0.2, 0.25) is 0 Å². The summed E-state index contributed by atoms with van der Waals surface area (Å²) in [6, 6.07) is 0.477. The van der Waals surface area contributed by atoms with Crippen LogP contribution in [0.15, 0.2) is 9.90 Å². The zero-order valence-electron chi connectivity index (χ0n) is 10.9. The maximum absolute atomic E-state index is 5.20. The average molecular weight is 266 g/mol. The molecule has 0 saturated heterocycles. The molecule has 0 aliphatic carbocycles. The number of thiazole rings is 1. The van der Waals surface area contributed by atoms with Gasteiger partial charge in [-0.2, -0.15) is 4.98 Å². The van der Waals surface area contributed by atoms with Gasteiger partial charge in [0.2, 0.25) is 5.89 Å². The SMILES string of the molecule is Cc1csc(Cc2noc(CCNC(C)C)n2)n1. The summed E-state index contributed by atoms with van der Waals surface area (Å²) in [5.41, 5.74) is 1.04. The molecule has 0 saturated carbocycles. The van der Waals surface area contributed by atoms with E-state index in [1.54, 1.807) is 11.3 Å². The van der Waals surface area contributed by atoms with E-state index in [9.17, 15) is 0 Å². The fourth-order valence-corrected chi connectivity index (χ4v) is 2.32. The van der Waals surface area contributed by atoms with Gasteiger partial charge < -0.3 is 9.84 Å². The first-order valence-corrected chi connectivity index (χ1v) is 6.97. The Bertz CT molecular complexity index is 492. The summed E-state index contributed by atoms with van der Waals surface area (Å²) in [7, 11) is 0. The second-order valence-corrected chi connectivity index (χ2v) is 5.47. The van der Waals surface area contributed by atoms with Crippen LogP contribution >= 0.6 is 11.3 Å². The first-order chi connectivity index (χ1) is 8.63. The maximum Gasteiger partial charge on any atom is 0.227 e. The summed E-state index contributed by atoms with van der Waals surface area (Å²) < 4.78 is 5.20. The van der Waals surface area contributed by atoms with E-state index in [4.69, 9.17) is 4.52 Å². The fourth-order valence-electron chi connectivity index (χ4n) is 1.55. The van der Waals surface area contributed by atoms with Crippen molar-refractivity contribution in [2.24, 2.45) is 0 Å². The van der Waals surface area contributed by atoms with Crippen molar-refractivity contribution in [3.63, 3.8) is 0 Å². The molecule has 1 N–H and O–H groups in total. The minimum atomic E-state index is 0.477. The molecule has 0 atom stereocenters. The second-order valence-electron chi connectivity index (χ2n) is 4.52. The van der Waals surface area contributed by atoms with Crippen molar-refractivity contribution in [3.8, 4) is 0 Å². The van der Waals surface area contributed by atoms with E-state index in [1.165, 1.54) is 0 Å². The van der Waals surface area contributed by atoms with Gasteiger partial charge in [0.15, 0.2) is 5.82 Å². The summed E-state index contributed by atoms with van der Waals surface area (Å²) in [6.07, 6.45) is 1.42. The Labute approximate surface area is 111 Å². The third kappa shape index (κ3) is 3.89. The molecule has 6 heteroatoms. The van der Waals surface area contributed by atoms with E-state index < -0.39 is 0 Å². The topological polar surface area (TPSA) is 63.8 Å². The van der Waals surface area contributed by atoms with Gasteiger partial charge in [0.25, 0.3) is 0 Å². The molecule has 0 fully saturated rings. The minimum Gasteiger partial charge on any atom is -0.339 e. The molecule has 0 spiro atoms. The highest BCUT2D eigenvalue weighted by atomic mass is 32.1. The predicted molar refractivity (Wildman–Crippen MR) is 70.8 cm³/mol. The van der Waals surface area contributed by atoms with Crippen LogP contribution in [0.5, 0.6) is 0 Å². The van der Waals surface area contributed by atoms with Gasteiger partial charge in [0.1, 0.15) is 5.01 Å². The quantitative estimate of drug-likeness (QED) is 0.866. The third-order valence-corrected chi connectivity index (χ3v) is 3.34. The highest BCUT2D eigenvalue weighted by Crippen LogP contribution is 2.12.